The molecule has 0 saturated carbocycles. The van der Waals surface area contributed by atoms with Gasteiger partial charge in [0.15, 0.2) is 5.65 Å². The van der Waals surface area contributed by atoms with E-state index >= 15 is 0 Å². The molecule has 11 heteroatoms. The Kier molecular flexibility index (Phi) is 5.94. The van der Waals surface area contributed by atoms with Crippen LogP contribution in [0.2, 0.25) is 0 Å². The number of carbonyl (C=O) groups excluding carboxylic acids is 2. The van der Waals surface area contributed by atoms with E-state index in [0.717, 1.165) is 10.9 Å². The molecule has 1 atom stereocenters. The number of alkyl halides is 2. The first-order valence-electron chi connectivity index (χ1n) is 11.0. The number of amides is 2. The summed E-state index contributed by atoms with van der Waals surface area (Å²) in [4.78, 5) is 33.5. The van der Waals surface area contributed by atoms with Crippen LogP contribution in [0.15, 0.2) is 36.5 Å². The molecule has 0 bridgehead atoms. The number of rotatable bonds is 4. The number of carbonyl (C=O) groups is 2. The number of hydrogen-bond donors (Lipinski definition) is 0. The number of fused-ring (bicyclic) bond motifs is 1. The SMILES string of the molecule is O=C(c1cnn2c(C(F)F)cc(-c3ccc(F)cc3)nc12)N1CCN(C(=O)[C@H]2CCCO2)CC1. The van der Waals surface area contributed by atoms with Crippen molar-refractivity contribution >= 4 is 17.5 Å². The molecule has 2 aliphatic rings. The minimum absolute atomic E-state index is 0.0000124. The van der Waals surface area contributed by atoms with Gasteiger partial charge in [0.1, 0.15) is 23.2 Å². The average Bonchev–Trinajstić information content (AvgIpc) is 3.53. The van der Waals surface area contributed by atoms with Gasteiger partial charge in [-0.15, -0.1) is 0 Å². The van der Waals surface area contributed by atoms with E-state index in [1.165, 1.54) is 36.5 Å². The third-order valence-electron chi connectivity index (χ3n) is 6.18. The van der Waals surface area contributed by atoms with Crippen molar-refractivity contribution in [1.82, 2.24) is 24.4 Å². The Bertz CT molecular complexity index is 1220. The van der Waals surface area contributed by atoms with Crippen LogP contribution in [0.3, 0.4) is 0 Å². The lowest BCUT2D eigenvalue weighted by atomic mass is 10.1. The standard InChI is InChI=1S/C23H22F3N5O3/c24-15-5-3-14(4-6-15)17-12-18(20(25)26)31-21(28-17)16(13-27-31)22(32)29-7-9-30(10-8-29)23(33)19-2-1-11-34-19/h3-6,12-13,19-20H,1-2,7-11H2/t19-/m1/s1. The maximum absolute atomic E-state index is 13.8. The van der Waals surface area contributed by atoms with Crippen LogP contribution in [0.1, 0.15) is 35.3 Å². The first-order chi connectivity index (χ1) is 16.4. The smallest absolute Gasteiger partial charge is 0.280 e. The Morgan fingerprint density at radius 3 is 2.41 bits per heavy atom. The van der Waals surface area contributed by atoms with Crippen molar-refractivity contribution in [3.8, 4) is 11.3 Å². The highest BCUT2D eigenvalue weighted by atomic mass is 19.3. The number of aromatic nitrogens is 3. The molecule has 0 N–H and O–H groups in total. The highest BCUT2D eigenvalue weighted by Gasteiger charge is 2.32. The van der Waals surface area contributed by atoms with Crippen LogP contribution in [0.4, 0.5) is 13.2 Å². The fraction of sp³-hybridized carbons (Fsp3) is 0.391. The van der Waals surface area contributed by atoms with E-state index < -0.39 is 29.9 Å². The predicted octanol–water partition coefficient (Wildman–Crippen LogP) is 2.94. The summed E-state index contributed by atoms with van der Waals surface area (Å²) in [5, 5.41) is 3.99. The van der Waals surface area contributed by atoms with Crippen molar-refractivity contribution in [2.75, 3.05) is 32.8 Å². The minimum atomic E-state index is -2.86. The van der Waals surface area contributed by atoms with Crippen LogP contribution >= 0.6 is 0 Å². The van der Waals surface area contributed by atoms with E-state index in [-0.39, 0.29) is 22.8 Å². The summed E-state index contributed by atoms with van der Waals surface area (Å²) >= 11 is 0. The maximum Gasteiger partial charge on any atom is 0.280 e. The molecule has 5 rings (SSSR count). The number of piperazine rings is 1. The maximum atomic E-state index is 13.8. The molecular formula is C23H22F3N5O3. The van der Waals surface area contributed by atoms with Crippen LogP contribution in [0.5, 0.6) is 0 Å². The zero-order valence-corrected chi connectivity index (χ0v) is 18.2. The Labute approximate surface area is 192 Å². The zero-order valence-electron chi connectivity index (χ0n) is 18.2. The Morgan fingerprint density at radius 2 is 1.76 bits per heavy atom. The van der Waals surface area contributed by atoms with Crippen molar-refractivity contribution < 1.29 is 27.5 Å². The lowest BCUT2D eigenvalue weighted by molar-refractivity contribution is -0.142. The van der Waals surface area contributed by atoms with Gasteiger partial charge < -0.3 is 14.5 Å². The molecule has 2 aliphatic heterocycles. The Balaban J connectivity index is 1.40. The second-order valence-electron chi connectivity index (χ2n) is 8.29. The summed E-state index contributed by atoms with van der Waals surface area (Å²) in [5.74, 6) is -0.924. The summed E-state index contributed by atoms with van der Waals surface area (Å²) in [5.41, 5.74) is 0.288. The van der Waals surface area contributed by atoms with Crippen molar-refractivity contribution in [1.29, 1.82) is 0 Å². The van der Waals surface area contributed by atoms with E-state index in [2.05, 4.69) is 10.1 Å². The third-order valence-corrected chi connectivity index (χ3v) is 6.18. The van der Waals surface area contributed by atoms with Crippen LogP contribution < -0.4 is 0 Å². The molecule has 1 aromatic carbocycles. The summed E-state index contributed by atoms with van der Waals surface area (Å²) in [7, 11) is 0. The lowest BCUT2D eigenvalue weighted by Crippen LogP contribution is -2.52. The molecular weight excluding hydrogens is 451 g/mol. The first-order valence-corrected chi connectivity index (χ1v) is 11.0. The van der Waals surface area contributed by atoms with Gasteiger partial charge in [-0.25, -0.2) is 22.7 Å². The van der Waals surface area contributed by atoms with Gasteiger partial charge in [-0.1, -0.05) is 0 Å². The second kappa shape index (κ2) is 9.05. The molecule has 2 aromatic heterocycles. The quantitative estimate of drug-likeness (QED) is 0.582. The molecule has 34 heavy (non-hydrogen) atoms. The monoisotopic (exact) mass is 473 g/mol. The summed E-state index contributed by atoms with van der Waals surface area (Å²) in [6.45, 7) is 1.90. The molecule has 0 aliphatic carbocycles. The molecule has 8 nitrogen and oxygen atoms in total. The summed E-state index contributed by atoms with van der Waals surface area (Å²) < 4.78 is 47.3. The number of ether oxygens (including phenoxy) is 1. The molecule has 3 aromatic rings. The van der Waals surface area contributed by atoms with Gasteiger partial charge in [-0.05, 0) is 43.2 Å². The number of halogens is 3. The van der Waals surface area contributed by atoms with Crippen molar-refractivity contribution in [2.24, 2.45) is 0 Å². The Hall–Kier alpha value is -3.47. The van der Waals surface area contributed by atoms with Crippen molar-refractivity contribution in [2.45, 2.75) is 25.4 Å². The molecule has 2 saturated heterocycles. The summed E-state index contributed by atoms with van der Waals surface area (Å²) in [6, 6.07) is 6.48. The van der Waals surface area contributed by atoms with Crippen molar-refractivity contribution in [3.63, 3.8) is 0 Å². The molecule has 2 fully saturated rings. The molecule has 4 heterocycles. The minimum Gasteiger partial charge on any atom is -0.368 e. The summed E-state index contributed by atoms with van der Waals surface area (Å²) in [6.07, 6.45) is -0.482. The van der Waals surface area contributed by atoms with E-state index in [9.17, 15) is 22.8 Å². The first kappa shape index (κ1) is 22.3. The van der Waals surface area contributed by atoms with Crippen LogP contribution in [0, 0.1) is 5.82 Å². The third kappa shape index (κ3) is 4.11. The van der Waals surface area contributed by atoms with Gasteiger partial charge in [0.05, 0.1) is 11.9 Å². The van der Waals surface area contributed by atoms with E-state index in [1.54, 1.807) is 9.80 Å². The van der Waals surface area contributed by atoms with Gasteiger partial charge in [0, 0.05) is 38.3 Å². The van der Waals surface area contributed by atoms with E-state index in [1.807, 2.05) is 0 Å². The fourth-order valence-corrected chi connectivity index (χ4v) is 4.34. The second-order valence-corrected chi connectivity index (χ2v) is 8.29. The van der Waals surface area contributed by atoms with Gasteiger partial charge >= 0.3 is 0 Å². The number of benzene rings is 1. The molecule has 0 unspecified atom stereocenters. The van der Waals surface area contributed by atoms with Gasteiger partial charge in [0.25, 0.3) is 18.2 Å². The molecule has 0 radical (unpaired) electrons. The Morgan fingerprint density at radius 1 is 1.06 bits per heavy atom. The molecule has 2 amide bonds. The predicted molar refractivity (Wildman–Crippen MR) is 115 cm³/mol. The topological polar surface area (TPSA) is 80.0 Å². The lowest BCUT2D eigenvalue weighted by Gasteiger charge is -2.35. The normalized spacial score (nSPS) is 18.8. The fourth-order valence-electron chi connectivity index (χ4n) is 4.34. The zero-order chi connectivity index (χ0) is 23.8. The highest BCUT2D eigenvalue weighted by Crippen LogP contribution is 2.27. The van der Waals surface area contributed by atoms with Gasteiger partial charge in [-0.3, -0.25) is 9.59 Å². The average molecular weight is 473 g/mol. The van der Waals surface area contributed by atoms with Gasteiger partial charge in [0.2, 0.25) is 0 Å². The van der Waals surface area contributed by atoms with Crippen LogP contribution in [-0.4, -0.2) is 75.1 Å². The van der Waals surface area contributed by atoms with Crippen molar-refractivity contribution in [3.05, 3.63) is 53.6 Å². The number of hydrogen-bond acceptors (Lipinski definition) is 5. The highest BCUT2D eigenvalue weighted by molar-refractivity contribution is 6.00. The van der Waals surface area contributed by atoms with Gasteiger partial charge in [-0.2, -0.15) is 5.10 Å². The van der Waals surface area contributed by atoms with E-state index in [0.29, 0.717) is 44.8 Å². The van der Waals surface area contributed by atoms with Crippen LogP contribution in [-0.2, 0) is 9.53 Å². The van der Waals surface area contributed by atoms with E-state index in [4.69, 9.17) is 4.74 Å². The number of nitrogens with zero attached hydrogens (tertiary/aromatic N) is 5. The van der Waals surface area contributed by atoms with Crippen LogP contribution in [0.25, 0.3) is 16.9 Å². The largest absolute Gasteiger partial charge is 0.368 e. The molecule has 178 valence electrons. The molecule has 0 spiro atoms.